The van der Waals surface area contributed by atoms with Crippen molar-refractivity contribution in [2.45, 2.75) is 50.8 Å². The molecule has 3 atom stereocenters. The van der Waals surface area contributed by atoms with Crippen LogP contribution in [0.2, 0.25) is 0 Å². The summed E-state index contributed by atoms with van der Waals surface area (Å²) >= 11 is 1.48. The number of ether oxygens (including phenoxy) is 1. The minimum Gasteiger partial charge on any atom is -0.458 e. The van der Waals surface area contributed by atoms with Gasteiger partial charge in [-0.1, -0.05) is 47.6 Å². The number of hydrogen-bond acceptors (Lipinski definition) is 7. The number of carbonyl (C=O) groups excluding carboxylic acids is 3. The van der Waals surface area contributed by atoms with Gasteiger partial charge in [0.1, 0.15) is 23.1 Å². The van der Waals surface area contributed by atoms with Gasteiger partial charge in [0.05, 0.1) is 6.54 Å². The maximum Gasteiger partial charge on any atom is 0.330 e. The first kappa shape index (κ1) is 26.2. The number of nitrogens with one attached hydrogen (secondary N) is 2. The van der Waals surface area contributed by atoms with Crippen LogP contribution in [0.3, 0.4) is 0 Å². The van der Waals surface area contributed by atoms with Crippen LogP contribution in [0.1, 0.15) is 50.2 Å². The Bertz CT molecular complexity index is 1070. The van der Waals surface area contributed by atoms with Gasteiger partial charge in [-0.2, -0.15) is 4.91 Å². The second kappa shape index (κ2) is 11.4. The molecule has 3 amide bonds. The summed E-state index contributed by atoms with van der Waals surface area (Å²) in [7, 11) is 0. The average Bonchev–Trinajstić information content (AvgIpc) is 3.27. The lowest BCUT2D eigenvalue weighted by Crippen LogP contribution is -2.49. The quantitative estimate of drug-likeness (QED) is 0.425. The van der Waals surface area contributed by atoms with E-state index in [0.717, 1.165) is 5.56 Å². The van der Waals surface area contributed by atoms with Crippen LogP contribution in [-0.2, 0) is 14.3 Å². The highest BCUT2D eigenvalue weighted by molar-refractivity contribution is 7.99. The summed E-state index contributed by atoms with van der Waals surface area (Å²) in [6, 6.07) is 14.3. The van der Waals surface area contributed by atoms with E-state index in [0.29, 0.717) is 17.0 Å². The number of urea groups is 1. The summed E-state index contributed by atoms with van der Waals surface area (Å²) in [5.74, 6) is -0.486. The van der Waals surface area contributed by atoms with Crippen molar-refractivity contribution in [3.8, 4) is 0 Å². The number of benzene rings is 2. The molecule has 10 heteroatoms. The Morgan fingerprint density at radius 3 is 2.51 bits per heavy atom. The van der Waals surface area contributed by atoms with E-state index in [-0.39, 0.29) is 11.9 Å². The summed E-state index contributed by atoms with van der Waals surface area (Å²) < 4.78 is 5.55. The summed E-state index contributed by atoms with van der Waals surface area (Å²) in [6.45, 7) is 6.69. The Hall–Kier alpha value is -3.40. The predicted molar refractivity (Wildman–Crippen MR) is 136 cm³/mol. The molecule has 1 unspecified atom stereocenters. The number of carbonyl (C=O) groups is 3. The van der Waals surface area contributed by atoms with Crippen LogP contribution in [0.25, 0.3) is 0 Å². The zero-order valence-electron chi connectivity index (χ0n) is 20.2. The summed E-state index contributed by atoms with van der Waals surface area (Å²) in [6.07, 6.45) is 0. The van der Waals surface area contributed by atoms with Crippen LogP contribution in [0.15, 0.2) is 59.8 Å². The second-order valence-corrected chi connectivity index (χ2v) is 10.3. The molecule has 2 N–H and O–H groups in total. The van der Waals surface area contributed by atoms with Gasteiger partial charge in [-0.15, -0.1) is 11.8 Å². The van der Waals surface area contributed by atoms with Crippen LogP contribution < -0.4 is 10.6 Å². The smallest absolute Gasteiger partial charge is 0.330 e. The normalized spacial score (nSPS) is 18.5. The molecule has 1 heterocycles. The van der Waals surface area contributed by atoms with Crippen molar-refractivity contribution in [1.29, 1.82) is 0 Å². The molecule has 0 aliphatic carbocycles. The molecule has 3 rings (SSSR count). The maximum absolute atomic E-state index is 13.3. The Labute approximate surface area is 209 Å². The Morgan fingerprint density at radius 2 is 1.86 bits per heavy atom. The predicted octanol–water partition coefficient (Wildman–Crippen LogP) is 4.62. The molecule has 0 saturated carbocycles. The lowest BCUT2D eigenvalue weighted by Gasteiger charge is -2.30. The van der Waals surface area contributed by atoms with Gasteiger partial charge < -0.3 is 20.3 Å². The Morgan fingerprint density at radius 1 is 1.14 bits per heavy atom. The molecule has 1 aliphatic heterocycles. The summed E-state index contributed by atoms with van der Waals surface area (Å²) in [5, 5.41) is 7.83. The van der Waals surface area contributed by atoms with E-state index in [1.54, 1.807) is 52.0 Å². The van der Waals surface area contributed by atoms with Crippen LogP contribution in [0.5, 0.6) is 0 Å². The van der Waals surface area contributed by atoms with E-state index < -0.39 is 35.6 Å². The van der Waals surface area contributed by atoms with Crippen molar-refractivity contribution in [2.24, 2.45) is 5.18 Å². The number of nitroso groups, excluding NO2 is 1. The van der Waals surface area contributed by atoms with Gasteiger partial charge in [0.2, 0.25) is 5.91 Å². The van der Waals surface area contributed by atoms with Gasteiger partial charge in [-0.05, 0) is 51.0 Å². The average molecular weight is 499 g/mol. The Balaban J connectivity index is 1.70. The SMILES string of the molecule is CC(N=O)c1cccc(NC(=O)NCC(=O)N2[C@@H](c3ccccc3)SC[C@H]2C(=O)OC(C)(C)C)c1. The first-order chi connectivity index (χ1) is 16.6. The number of anilines is 1. The lowest BCUT2D eigenvalue weighted by atomic mass is 10.1. The largest absolute Gasteiger partial charge is 0.458 e. The molecule has 1 fully saturated rings. The molecule has 0 spiro atoms. The van der Waals surface area contributed by atoms with Gasteiger partial charge in [0.25, 0.3) is 0 Å². The van der Waals surface area contributed by atoms with E-state index in [9.17, 15) is 19.3 Å². The fourth-order valence-electron chi connectivity index (χ4n) is 3.60. The summed E-state index contributed by atoms with van der Waals surface area (Å²) in [5.41, 5.74) is 1.32. The van der Waals surface area contributed by atoms with Crippen molar-refractivity contribution in [3.05, 3.63) is 70.6 Å². The van der Waals surface area contributed by atoms with E-state index in [1.807, 2.05) is 30.3 Å². The van der Waals surface area contributed by atoms with E-state index in [4.69, 9.17) is 4.74 Å². The minimum absolute atomic E-state index is 0.305. The number of thioether (sulfide) groups is 1. The topological polar surface area (TPSA) is 117 Å². The molecule has 0 radical (unpaired) electrons. The van der Waals surface area contributed by atoms with Crippen molar-refractivity contribution >= 4 is 35.4 Å². The molecular weight excluding hydrogens is 468 g/mol. The molecule has 2 aromatic carbocycles. The molecule has 2 aromatic rings. The van der Waals surface area contributed by atoms with Gasteiger partial charge in [0.15, 0.2) is 0 Å². The van der Waals surface area contributed by atoms with Crippen LogP contribution in [-0.4, -0.2) is 46.7 Å². The van der Waals surface area contributed by atoms with Gasteiger partial charge in [0, 0.05) is 11.4 Å². The molecular formula is C25H30N4O5S. The second-order valence-electron chi connectivity index (χ2n) is 9.16. The zero-order valence-corrected chi connectivity index (χ0v) is 21.0. The van der Waals surface area contributed by atoms with Crippen molar-refractivity contribution in [2.75, 3.05) is 17.6 Å². The molecule has 35 heavy (non-hydrogen) atoms. The van der Waals surface area contributed by atoms with Crippen molar-refractivity contribution < 1.29 is 19.1 Å². The number of esters is 1. The maximum atomic E-state index is 13.3. The molecule has 1 aliphatic rings. The molecule has 9 nitrogen and oxygen atoms in total. The number of nitrogens with zero attached hydrogens (tertiary/aromatic N) is 2. The molecule has 186 valence electrons. The minimum atomic E-state index is -0.768. The fourth-order valence-corrected chi connectivity index (χ4v) is 5.03. The highest BCUT2D eigenvalue weighted by Crippen LogP contribution is 2.41. The first-order valence-corrected chi connectivity index (χ1v) is 12.3. The van der Waals surface area contributed by atoms with Gasteiger partial charge in [-0.3, -0.25) is 4.79 Å². The van der Waals surface area contributed by atoms with Crippen LogP contribution in [0, 0.1) is 4.91 Å². The first-order valence-electron chi connectivity index (χ1n) is 11.3. The lowest BCUT2D eigenvalue weighted by molar-refractivity contribution is -0.163. The third-order valence-corrected chi connectivity index (χ3v) is 6.56. The van der Waals surface area contributed by atoms with Crippen molar-refractivity contribution in [1.82, 2.24) is 10.2 Å². The third kappa shape index (κ3) is 7.05. The highest BCUT2D eigenvalue weighted by atomic mass is 32.2. The van der Waals surface area contributed by atoms with E-state index >= 15 is 0 Å². The number of hydrogen-bond donors (Lipinski definition) is 2. The molecule has 1 saturated heterocycles. The monoisotopic (exact) mass is 498 g/mol. The fraction of sp³-hybridized carbons (Fsp3) is 0.400. The van der Waals surface area contributed by atoms with Gasteiger partial charge in [-0.25, -0.2) is 9.59 Å². The number of amides is 3. The molecule has 0 aromatic heterocycles. The van der Waals surface area contributed by atoms with Crippen LogP contribution in [0.4, 0.5) is 10.5 Å². The standard InChI is InChI=1S/C25H30N4O5S/c1-16(28-33)18-11-8-12-19(13-18)27-24(32)26-14-21(30)29-20(23(31)34-25(2,3)4)15-35-22(29)17-9-6-5-7-10-17/h5-13,16,20,22H,14-15H2,1-4H3,(H2,26,27,32)/t16?,20-,22+/m0/s1. The van der Waals surface area contributed by atoms with Crippen molar-refractivity contribution in [3.63, 3.8) is 0 Å². The number of rotatable bonds is 7. The van der Waals surface area contributed by atoms with Crippen LogP contribution >= 0.6 is 11.8 Å². The highest BCUT2D eigenvalue weighted by Gasteiger charge is 2.43. The van der Waals surface area contributed by atoms with Gasteiger partial charge >= 0.3 is 12.0 Å². The van der Waals surface area contributed by atoms with E-state index in [2.05, 4.69) is 15.8 Å². The third-order valence-electron chi connectivity index (χ3n) is 5.24. The Kier molecular flexibility index (Phi) is 8.50. The molecule has 0 bridgehead atoms. The summed E-state index contributed by atoms with van der Waals surface area (Å²) in [4.78, 5) is 50.9. The zero-order chi connectivity index (χ0) is 25.6. The van der Waals surface area contributed by atoms with E-state index in [1.165, 1.54) is 16.7 Å².